The van der Waals surface area contributed by atoms with E-state index in [9.17, 15) is 14.7 Å². The summed E-state index contributed by atoms with van der Waals surface area (Å²) < 4.78 is 5.77. The third-order valence-electron chi connectivity index (χ3n) is 6.33. The number of benzene rings is 1. The molecule has 7 nitrogen and oxygen atoms in total. The van der Waals surface area contributed by atoms with Crippen molar-refractivity contribution in [3.8, 4) is 5.75 Å². The van der Waals surface area contributed by atoms with Gasteiger partial charge < -0.3 is 19.6 Å². The van der Waals surface area contributed by atoms with Gasteiger partial charge in [-0.25, -0.2) is 4.98 Å². The van der Waals surface area contributed by atoms with E-state index in [0.29, 0.717) is 23.7 Å². The molecule has 0 bridgehead atoms. The van der Waals surface area contributed by atoms with Crippen LogP contribution >= 0.6 is 11.3 Å². The van der Waals surface area contributed by atoms with E-state index < -0.39 is 17.7 Å². The molecule has 2 aliphatic rings. The molecule has 8 heteroatoms. The minimum Gasteiger partial charge on any atom is -0.503 e. The van der Waals surface area contributed by atoms with Crippen LogP contribution in [0.3, 0.4) is 0 Å². The number of Topliss-reactive ketones (excluding diaryl/α,β-unsaturated/α-hetero) is 1. The maximum absolute atomic E-state index is 13.6. The summed E-state index contributed by atoms with van der Waals surface area (Å²) in [7, 11) is 0. The molecule has 2 aliphatic heterocycles. The SMILES string of the molecule is Cc1nc(C)c(C(=O)C2=C(O)C(=O)N(CCN3CCCCC3)C2c2ccc(OC(C)C)cc2)s1. The normalized spacial score (nSPS) is 19.4. The highest BCUT2D eigenvalue weighted by molar-refractivity contribution is 7.14. The Morgan fingerprint density at radius 1 is 1.15 bits per heavy atom. The van der Waals surface area contributed by atoms with Crippen LogP contribution in [-0.2, 0) is 4.79 Å². The molecule has 0 saturated carbocycles. The van der Waals surface area contributed by atoms with Gasteiger partial charge in [0, 0.05) is 13.1 Å². The Balaban J connectivity index is 1.68. The summed E-state index contributed by atoms with van der Waals surface area (Å²) in [5.74, 6) is -0.562. The Kier molecular flexibility index (Phi) is 7.38. The summed E-state index contributed by atoms with van der Waals surface area (Å²) in [6, 6.07) is 6.80. The maximum atomic E-state index is 13.6. The Morgan fingerprint density at radius 2 is 1.82 bits per heavy atom. The van der Waals surface area contributed by atoms with Gasteiger partial charge in [-0.2, -0.15) is 0 Å². The number of carbonyl (C=O) groups is 2. The lowest BCUT2D eigenvalue weighted by atomic mass is 9.95. The van der Waals surface area contributed by atoms with E-state index in [4.69, 9.17) is 4.74 Å². The number of ether oxygens (including phenoxy) is 1. The number of aliphatic hydroxyl groups excluding tert-OH is 1. The zero-order chi connectivity index (χ0) is 24.4. The largest absolute Gasteiger partial charge is 0.503 e. The van der Waals surface area contributed by atoms with Crippen molar-refractivity contribution in [2.75, 3.05) is 26.2 Å². The summed E-state index contributed by atoms with van der Waals surface area (Å²) in [6.07, 6.45) is 3.59. The van der Waals surface area contributed by atoms with Crippen LogP contribution in [0.25, 0.3) is 0 Å². The summed E-state index contributed by atoms with van der Waals surface area (Å²) >= 11 is 1.29. The van der Waals surface area contributed by atoms with Crippen LogP contribution in [0.15, 0.2) is 35.6 Å². The monoisotopic (exact) mass is 483 g/mol. The second-order valence-electron chi connectivity index (χ2n) is 9.28. The third-order valence-corrected chi connectivity index (χ3v) is 7.40. The topological polar surface area (TPSA) is 83.0 Å². The van der Waals surface area contributed by atoms with Gasteiger partial charge in [0.1, 0.15) is 5.75 Å². The Hall–Kier alpha value is -2.71. The number of amides is 1. The number of hydrogen-bond acceptors (Lipinski definition) is 7. The number of hydrogen-bond donors (Lipinski definition) is 1. The number of piperidine rings is 1. The van der Waals surface area contributed by atoms with E-state index in [1.165, 1.54) is 17.8 Å². The number of nitrogens with zero attached hydrogens (tertiary/aromatic N) is 3. The number of ketones is 1. The van der Waals surface area contributed by atoms with Gasteiger partial charge in [0.2, 0.25) is 5.78 Å². The lowest BCUT2D eigenvalue weighted by molar-refractivity contribution is -0.129. The molecule has 1 unspecified atom stereocenters. The van der Waals surface area contributed by atoms with Gasteiger partial charge in [-0.3, -0.25) is 9.59 Å². The van der Waals surface area contributed by atoms with E-state index in [0.717, 1.165) is 42.3 Å². The molecule has 2 aromatic rings. The van der Waals surface area contributed by atoms with Crippen LogP contribution in [-0.4, -0.2) is 63.9 Å². The van der Waals surface area contributed by atoms with Crippen molar-refractivity contribution < 1.29 is 19.4 Å². The van der Waals surface area contributed by atoms with Crippen LogP contribution in [0.2, 0.25) is 0 Å². The molecule has 34 heavy (non-hydrogen) atoms. The van der Waals surface area contributed by atoms with Gasteiger partial charge in [-0.1, -0.05) is 18.6 Å². The summed E-state index contributed by atoms with van der Waals surface area (Å²) in [4.78, 5) is 35.7. The van der Waals surface area contributed by atoms with Crippen molar-refractivity contribution >= 4 is 23.0 Å². The molecule has 4 rings (SSSR count). The van der Waals surface area contributed by atoms with Gasteiger partial charge in [0.15, 0.2) is 5.76 Å². The zero-order valence-electron chi connectivity index (χ0n) is 20.3. The molecule has 1 saturated heterocycles. The first-order valence-electron chi connectivity index (χ1n) is 12.0. The molecule has 1 fully saturated rings. The minimum absolute atomic E-state index is 0.0403. The quantitative estimate of drug-likeness (QED) is 0.552. The summed E-state index contributed by atoms with van der Waals surface area (Å²) in [5.41, 5.74) is 1.52. The first kappa shape index (κ1) is 24.4. The second kappa shape index (κ2) is 10.3. The molecular formula is C26H33N3O4S. The van der Waals surface area contributed by atoms with Crippen molar-refractivity contribution in [3.63, 3.8) is 0 Å². The Morgan fingerprint density at radius 3 is 2.41 bits per heavy atom. The van der Waals surface area contributed by atoms with Crippen molar-refractivity contribution in [1.29, 1.82) is 0 Å². The van der Waals surface area contributed by atoms with Crippen LogP contribution in [0, 0.1) is 13.8 Å². The van der Waals surface area contributed by atoms with Gasteiger partial charge in [0.05, 0.1) is 33.3 Å². The molecule has 3 heterocycles. The van der Waals surface area contributed by atoms with E-state index in [1.54, 1.807) is 11.8 Å². The fourth-order valence-corrected chi connectivity index (χ4v) is 5.63. The Bertz CT molecular complexity index is 1080. The molecule has 0 radical (unpaired) electrons. The van der Waals surface area contributed by atoms with Crippen LogP contribution in [0.5, 0.6) is 5.75 Å². The van der Waals surface area contributed by atoms with E-state index in [2.05, 4.69) is 9.88 Å². The minimum atomic E-state index is -0.653. The first-order valence-corrected chi connectivity index (χ1v) is 12.8. The third kappa shape index (κ3) is 5.03. The lowest BCUT2D eigenvalue weighted by Crippen LogP contribution is -2.40. The van der Waals surface area contributed by atoms with Crippen molar-refractivity contribution in [2.45, 2.75) is 59.1 Å². The van der Waals surface area contributed by atoms with Crippen molar-refractivity contribution in [2.24, 2.45) is 0 Å². The number of aromatic nitrogens is 1. The predicted molar refractivity (Wildman–Crippen MR) is 133 cm³/mol. The second-order valence-corrected chi connectivity index (χ2v) is 10.5. The van der Waals surface area contributed by atoms with Gasteiger partial charge in [-0.05, 0) is 71.3 Å². The summed E-state index contributed by atoms with van der Waals surface area (Å²) in [5, 5.41) is 11.7. The van der Waals surface area contributed by atoms with Crippen LogP contribution < -0.4 is 4.74 Å². The molecule has 1 aromatic heterocycles. The molecule has 1 aromatic carbocycles. The van der Waals surface area contributed by atoms with Gasteiger partial charge in [0.25, 0.3) is 5.91 Å². The number of thiazole rings is 1. The smallest absolute Gasteiger partial charge is 0.290 e. The highest BCUT2D eigenvalue weighted by Crippen LogP contribution is 2.40. The molecule has 1 N–H and O–H groups in total. The van der Waals surface area contributed by atoms with E-state index >= 15 is 0 Å². The fourth-order valence-electron chi connectivity index (χ4n) is 4.76. The molecule has 0 spiro atoms. The van der Waals surface area contributed by atoms with Crippen molar-refractivity contribution in [1.82, 2.24) is 14.8 Å². The lowest BCUT2D eigenvalue weighted by Gasteiger charge is -2.31. The first-order chi connectivity index (χ1) is 16.3. The number of rotatable bonds is 8. The number of aliphatic hydroxyl groups is 1. The standard InChI is InChI=1S/C26H33N3O4S/c1-16(2)33-20-10-8-19(9-11-20)22-21(23(30)25-17(3)27-18(4)34-25)24(31)26(32)29(22)15-14-28-12-6-5-7-13-28/h8-11,16,22,31H,5-7,12-15H2,1-4H3. The zero-order valence-corrected chi connectivity index (χ0v) is 21.2. The number of likely N-dealkylation sites (tertiary alicyclic amines) is 1. The average molecular weight is 484 g/mol. The molecule has 0 aliphatic carbocycles. The Labute approximate surface area is 205 Å². The number of aryl methyl sites for hydroxylation is 2. The molecular weight excluding hydrogens is 450 g/mol. The van der Waals surface area contributed by atoms with E-state index in [-0.39, 0.29) is 17.5 Å². The van der Waals surface area contributed by atoms with Gasteiger partial charge in [-0.15, -0.1) is 11.3 Å². The molecule has 1 atom stereocenters. The number of carbonyl (C=O) groups excluding carboxylic acids is 2. The fraction of sp³-hybridized carbons (Fsp3) is 0.500. The van der Waals surface area contributed by atoms with Gasteiger partial charge >= 0.3 is 0 Å². The highest BCUT2D eigenvalue weighted by Gasteiger charge is 2.44. The molecule has 182 valence electrons. The summed E-state index contributed by atoms with van der Waals surface area (Å²) in [6.45, 7) is 10.7. The van der Waals surface area contributed by atoms with Crippen LogP contribution in [0.4, 0.5) is 0 Å². The molecule has 1 amide bonds. The van der Waals surface area contributed by atoms with Crippen molar-refractivity contribution in [3.05, 3.63) is 56.7 Å². The maximum Gasteiger partial charge on any atom is 0.290 e. The van der Waals surface area contributed by atoms with Crippen LogP contribution in [0.1, 0.15) is 65.1 Å². The predicted octanol–water partition coefficient (Wildman–Crippen LogP) is 4.61. The van der Waals surface area contributed by atoms with E-state index in [1.807, 2.05) is 45.0 Å². The highest BCUT2D eigenvalue weighted by atomic mass is 32.1. The average Bonchev–Trinajstić information content (AvgIpc) is 3.28.